The first-order valence-corrected chi connectivity index (χ1v) is 8.46. The first-order valence-electron chi connectivity index (χ1n) is 8.46. The molecule has 1 N–H and O–H groups in total. The van der Waals surface area contributed by atoms with Crippen molar-refractivity contribution in [1.82, 2.24) is 5.01 Å². The lowest BCUT2D eigenvalue weighted by molar-refractivity contribution is -0.110. The van der Waals surface area contributed by atoms with Crippen molar-refractivity contribution in [2.24, 2.45) is 0 Å². The Balaban J connectivity index is 1.80. The van der Waals surface area contributed by atoms with Crippen LogP contribution in [0.1, 0.15) is 24.0 Å². The van der Waals surface area contributed by atoms with Crippen LogP contribution in [0.3, 0.4) is 0 Å². The number of para-hydroxylation sites is 1. The average Bonchev–Trinajstić information content (AvgIpc) is 3.22. The number of benzene rings is 2. The first-order chi connectivity index (χ1) is 11.7. The van der Waals surface area contributed by atoms with Gasteiger partial charge in [0.2, 0.25) is 0 Å². The van der Waals surface area contributed by atoms with Crippen molar-refractivity contribution in [2.45, 2.75) is 19.8 Å². The average molecular weight is 319 g/mol. The third-order valence-corrected chi connectivity index (χ3v) is 4.69. The van der Waals surface area contributed by atoms with E-state index in [2.05, 4.69) is 40.5 Å². The summed E-state index contributed by atoms with van der Waals surface area (Å²) in [5.41, 5.74) is 4.86. The fourth-order valence-corrected chi connectivity index (χ4v) is 3.49. The van der Waals surface area contributed by atoms with Crippen molar-refractivity contribution in [3.63, 3.8) is 0 Å². The molecule has 0 spiro atoms. The van der Waals surface area contributed by atoms with E-state index in [0.29, 0.717) is 0 Å². The van der Waals surface area contributed by atoms with Gasteiger partial charge in [-0.2, -0.15) is 0 Å². The summed E-state index contributed by atoms with van der Waals surface area (Å²) in [6, 6.07) is 16.2. The third kappa shape index (κ3) is 2.59. The molecule has 1 fully saturated rings. The number of rotatable bonds is 3. The predicted octanol–water partition coefficient (Wildman–Crippen LogP) is 3.81. The van der Waals surface area contributed by atoms with Gasteiger partial charge in [-0.15, -0.1) is 0 Å². The lowest BCUT2D eigenvalue weighted by Gasteiger charge is -2.31. The van der Waals surface area contributed by atoms with E-state index in [0.717, 1.165) is 41.2 Å². The molecule has 0 atom stereocenters. The Morgan fingerprint density at radius 2 is 1.79 bits per heavy atom. The quantitative estimate of drug-likeness (QED) is 0.874. The maximum Gasteiger partial charge on any atom is 0.257 e. The van der Waals surface area contributed by atoms with Crippen LogP contribution in [0.15, 0.2) is 54.7 Å². The minimum atomic E-state index is -0.0283. The minimum Gasteiger partial charge on any atom is -0.321 e. The summed E-state index contributed by atoms with van der Waals surface area (Å²) in [7, 11) is 0. The SMILES string of the molecule is Cc1cccc2c1C(=CN(c1ccccc1)N1CCCC1)C(=O)N2. The van der Waals surface area contributed by atoms with Crippen molar-refractivity contribution in [3.05, 3.63) is 65.9 Å². The molecular formula is C20H21N3O. The van der Waals surface area contributed by atoms with Gasteiger partial charge in [0.05, 0.1) is 11.3 Å². The molecule has 4 rings (SSSR count). The van der Waals surface area contributed by atoms with Gasteiger partial charge in [0.1, 0.15) is 0 Å². The van der Waals surface area contributed by atoms with Crippen LogP contribution in [0, 0.1) is 6.92 Å². The number of hydrazine groups is 1. The number of carbonyl (C=O) groups excluding carboxylic acids is 1. The molecule has 24 heavy (non-hydrogen) atoms. The van der Waals surface area contributed by atoms with Gasteiger partial charge in [-0.25, -0.2) is 5.01 Å². The monoisotopic (exact) mass is 319 g/mol. The molecule has 0 unspecified atom stereocenters. The highest BCUT2D eigenvalue weighted by Crippen LogP contribution is 2.35. The first kappa shape index (κ1) is 15.0. The molecule has 1 amide bonds. The number of aryl methyl sites for hydroxylation is 1. The number of hydrogen-bond donors (Lipinski definition) is 1. The molecule has 2 aromatic carbocycles. The molecule has 2 aliphatic heterocycles. The van der Waals surface area contributed by atoms with E-state index < -0.39 is 0 Å². The van der Waals surface area contributed by atoms with Crippen molar-refractivity contribution in [3.8, 4) is 0 Å². The van der Waals surface area contributed by atoms with Gasteiger partial charge in [-0.1, -0.05) is 30.3 Å². The molecule has 4 heteroatoms. The zero-order valence-corrected chi connectivity index (χ0v) is 13.8. The Labute approximate surface area is 142 Å². The number of fused-ring (bicyclic) bond motifs is 1. The van der Waals surface area contributed by atoms with Crippen LogP contribution in [-0.2, 0) is 4.79 Å². The van der Waals surface area contributed by atoms with Gasteiger partial charge in [0.15, 0.2) is 0 Å². The zero-order valence-electron chi connectivity index (χ0n) is 13.8. The van der Waals surface area contributed by atoms with Crippen LogP contribution >= 0.6 is 0 Å². The summed E-state index contributed by atoms with van der Waals surface area (Å²) in [5.74, 6) is -0.0283. The fraction of sp³-hybridized carbons (Fsp3) is 0.250. The highest BCUT2D eigenvalue weighted by molar-refractivity contribution is 6.32. The van der Waals surface area contributed by atoms with E-state index in [1.54, 1.807) is 0 Å². The van der Waals surface area contributed by atoms with Crippen molar-refractivity contribution in [2.75, 3.05) is 23.4 Å². The summed E-state index contributed by atoms with van der Waals surface area (Å²) in [5, 5.41) is 7.44. The van der Waals surface area contributed by atoms with Crippen LogP contribution < -0.4 is 10.3 Å². The normalized spacial score (nSPS) is 18.7. The van der Waals surface area contributed by atoms with Crippen molar-refractivity contribution < 1.29 is 4.79 Å². The van der Waals surface area contributed by atoms with Crippen molar-refractivity contribution in [1.29, 1.82) is 0 Å². The Bertz CT molecular complexity index is 792. The minimum absolute atomic E-state index is 0.0283. The van der Waals surface area contributed by atoms with Gasteiger partial charge in [0, 0.05) is 30.5 Å². The topological polar surface area (TPSA) is 35.6 Å². The smallest absolute Gasteiger partial charge is 0.257 e. The number of hydrogen-bond acceptors (Lipinski definition) is 3. The summed E-state index contributed by atoms with van der Waals surface area (Å²) < 4.78 is 0. The van der Waals surface area contributed by atoms with E-state index in [1.165, 1.54) is 12.8 Å². The highest BCUT2D eigenvalue weighted by atomic mass is 16.2. The molecular weight excluding hydrogens is 298 g/mol. The summed E-state index contributed by atoms with van der Waals surface area (Å²) in [4.78, 5) is 12.5. The van der Waals surface area contributed by atoms with E-state index in [9.17, 15) is 4.79 Å². The molecule has 0 bridgehead atoms. The molecule has 1 saturated heterocycles. The maximum absolute atomic E-state index is 12.5. The summed E-state index contributed by atoms with van der Waals surface area (Å²) >= 11 is 0. The summed E-state index contributed by atoms with van der Waals surface area (Å²) in [6.45, 7) is 4.08. The number of carbonyl (C=O) groups is 1. The largest absolute Gasteiger partial charge is 0.321 e. The Morgan fingerprint density at radius 1 is 1.04 bits per heavy atom. The molecule has 2 heterocycles. The van der Waals surface area contributed by atoms with Gasteiger partial charge >= 0.3 is 0 Å². The molecule has 0 aromatic heterocycles. The molecule has 2 aliphatic rings. The van der Waals surface area contributed by atoms with Gasteiger partial charge in [-0.3, -0.25) is 9.80 Å². The van der Waals surface area contributed by atoms with E-state index in [1.807, 2.05) is 36.5 Å². The fourth-order valence-electron chi connectivity index (χ4n) is 3.49. The second-order valence-corrected chi connectivity index (χ2v) is 6.34. The molecule has 2 aromatic rings. The number of amides is 1. The van der Waals surface area contributed by atoms with E-state index in [-0.39, 0.29) is 5.91 Å². The number of anilines is 2. The number of nitrogens with zero attached hydrogens (tertiary/aromatic N) is 2. The summed E-state index contributed by atoms with van der Waals surface area (Å²) in [6.07, 6.45) is 4.37. The maximum atomic E-state index is 12.5. The van der Waals surface area contributed by atoms with E-state index >= 15 is 0 Å². The van der Waals surface area contributed by atoms with E-state index in [4.69, 9.17) is 0 Å². The van der Waals surface area contributed by atoms with Crippen LogP contribution in [0.4, 0.5) is 11.4 Å². The third-order valence-electron chi connectivity index (χ3n) is 4.69. The Kier molecular flexibility index (Phi) is 3.82. The Morgan fingerprint density at radius 3 is 2.54 bits per heavy atom. The highest BCUT2D eigenvalue weighted by Gasteiger charge is 2.28. The number of nitrogens with one attached hydrogen (secondary N) is 1. The lowest BCUT2D eigenvalue weighted by Crippen LogP contribution is -2.37. The van der Waals surface area contributed by atoms with Crippen LogP contribution in [-0.4, -0.2) is 24.0 Å². The molecule has 0 saturated carbocycles. The van der Waals surface area contributed by atoms with Crippen LogP contribution in [0.2, 0.25) is 0 Å². The Hall–Kier alpha value is -2.59. The zero-order chi connectivity index (χ0) is 16.5. The van der Waals surface area contributed by atoms with Crippen LogP contribution in [0.5, 0.6) is 0 Å². The lowest BCUT2D eigenvalue weighted by atomic mass is 10.0. The van der Waals surface area contributed by atoms with Crippen LogP contribution in [0.25, 0.3) is 5.57 Å². The molecule has 0 radical (unpaired) electrons. The molecule has 4 nitrogen and oxygen atoms in total. The van der Waals surface area contributed by atoms with Gasteiger partial charge < -0.3 is 5.32 Å². The molecule has 122 valence electrons. The second-order valence-electron chi connectivity index (χ2n) is 6.34. The standard InChI is InChI=1S/C20H21N3O/c1-15-8-7-11-18-19(15)17(20(24)21-18)14-23(22-12-5-6-13-22)16-9-3-2-4-10-16/h2-4,7-11,14H,5-6,12-13H2,1H3,(H,21,24). The van der Waals surface area contributed by atoms with Gasteiger partial charge in [-0.05, 0) is 43.5 Å². The second kappa shape index (κ2) is 6.13. The van der Waals surface area contributed by atoms with Crippen molar-refractivity contribution >= 4 is 22.9 Å². The molecule has 0 aliphatic carbocycles. The predicted molar refractivity (Wildman–Crippen MR) is 97.5 cm³/mol. The van der Waals surface area contributed by atoms with Gasteiger partial charge in [0.25, 0.3) is 5.91 Å².